The van der Waals surface area contributed by atoms with Gasteiger partial charge in [-0.1, -0.05) is 55.1 Å². The van der Waals surface area contributed by atoms with Crippen molar-refractivity contribution >= 4 is 16.8 Å². The van der Waals surface area contributed by atoms with Crippen molar-refractivity contribution in [3.63, 3.8) is 0 Å². The molecular formula is C25H22N2O. The number of fused-ring (bicyclic) bond motifs is 1. The number of benzene rings is 3. The minimum Gasteiger partial charge on any atom is -0.267 e. The lowest BCUT2D eigenvalue weighted by Crippen LogP contribution is -2.23. The van der Waals surface area contributed by atoms with Crippen molar-refractivity contribution < 1.29 is 0 Å². The summed E-state index contributed by atoms with van der Waals surface area (Å²) in [7, 11) is 0. The molecule has 0 amide bonds. The van der Waals surface area contributed by atoms with Gasteiger partial charge in [0.15, 0.2) is 0 Å². The Bertz CT molecular complexity index is 1260. The molecule has 0 N–H and O–H groups in total. The Balaban J connectivity index is 2.14. The Labute approximate surface area is 164 Å². The van der Waals surface area contributed by atoms with Crippen LogP contribution < -0.4 is 5.56 Å². The van der Waals surface area contributed by atoms with Crippen LogP contribution in [-0.4, -0.2) is 9.78 Å². The molecule has 3 nitrogen and oxygen atoms in total. The second kappa shape index (κ2) is 6.93. The van der Waals surface area contributed by atoms with E-state index >= 15 is 0 Å². The van der Waals surface area contributed by atoms with E-state index in [1.807, 2.05) is 62.4 Å². The molecule has 0 aliphatic rings. The predicted octanol–water partition coefficient (Wildman–Crippen LogP) is 5.62. The topological polar surface area (TPSA) is 34.9 Å². The molecule has 138 valence electrons. The Morgan fingerprint density at radius 3 is 2.25 bits per heavy atom. The van der Waals surface area contributed by atoms with Crippen molar-refractivity contribution in [2.75, 3.05) is 0 Å². The first kappa shape index (κ1) is 17.9. The van der Waals surface area contributed by atoms with Crippen LogP contribution in [0, 0.1) is 20.8 Å². The first-order chi connectivity index (χ1) is 13.5. The van der Waals surface area contributed by atoms with E-state index in [1.165, 1.54) is 0 Å². The van der Waals surface area contributed by atoms with Crippen LogP contribution in [-0.2, 0) is 0 Å². The minimum absolute atomic E-state index is 0.103. The number of nitrogens with zero attached hydrogens (tertiary/aromatic N) is 2. The Morgan fingerprint density at radius 1 is 0.893 bits per heavy atom. The number of hydrogen-bond acceptors (Lipinski definition) is 2. The van der Waals surface area contributed by atoms with Crippen molar-refractivity contribution in [3.05, 3.63) is 99.9 Å². The largest absolute Gasteiger partial charge is 0.279 e. The summed E-state index contributed by atoms with van der Waals surface area (Å²) in [6, 6.07) is 19.9. The molecular weight excluding hydrogens is 344 g/mol. The third-order valence-corrected chi connectivity index (χ3v) is 5.07. The van der Waals surface area contributed by atoms with Crippen molar-refractivity contribution in [1.82, 2.24) is 9.78 Å². The predicted molar refractivity (Wildman–Crippen MR) is 117 cm³/mol. The van der Waals surface area contributed by atoms with Crippen LogP contribution in [0.3, 0.4) is 0 Å². The van der Waals surface area contributed by atoms with Gasteiger partial charge in [0.2, 0.25) is 0 Å². The van der Waals surface area contributed by atoms with Gasteiger partial charge in [0.1, 0.15) is 0 Å². The summed E-state index contributed by atoms with van der Waals surface area (Å²) in [4.78, 5) is 13.3. The van der Waals surface area contributed by atoms with Gasteiger partial charge in [-0.2, -0.15) is 9.78 Å². The maximum atomic E-state index is 13.3. The van der Waals surface area contributed by atoms with Gasteiger partial charge in [0.05, 0.1) is 16.8 Å². The van der Waals surface area contributed by atoms with Gasteiger partial charge in [-0.3, -0.25) is 4.79 Å². The van der Waals surface area contributed by atoms with Gasteiger partial charge in [-0.15, -0.1) is 0 Å². The smallest absolute Gasteiger partial charge is 0.267 e. The summed E-state index contributed by atoms with van der Waals surface area (Å²) in [6.07, 6.45) is 1.83. The fourth-order valence-electron chi connectivity index (χ4n) is 3.76. The molecule has 4 aromatic rings. The molecule has 1 heterocycles. The average Bonchev–Trinajstić information content (AvgIpc) is 2.69. The molecule has 0 bridgehead atoms. The molecule has 1 aromatic heterocycles. The van der Waals surface area contributed by atoms with E-state index in [-0.39, 0.29) is 5.56 Å². The second-order valence-electron chi connectivity index (χ2n) is 7.19. The van der Waals surface area contributed by atoms with E-state index in [1.54, 1.807) is 4.68 Å². The highest BCUT2D eigenvalue weighted by atomic mass is 16.1. The van der Waals surface area contributed by atoms with Crippen LogP contribution in [0.1, 0.15) is 22.3 Å². The first-order valence-corrected chi connectivity index (χ1v) is 9.33. The number of para-hydroxylation sites is 1. The fourth-order valence-corrected chi connectivity index (χ4v) is 3.76. The van der Waals surface area contributed by atoms with Crippen LogP contribution in [0.2, 0.25) is 0 Å². The van der Waals surface area contributed by atoms with Crippen molar-refractivity contribution in [2.45, 2.75) is 20.8 Å². The van der Waals surface area contributed by atoms with Gasteiger partial charge < -0.3 is 0 Å². The maximum Gasteiger partial charge on any atom is 0.279 e. The summed E-state index contributed by atoms with van der Waals surface area (Å²) in [5.41, 5.74) is 6.72. The normalized spacial score (nSPS) is 11.0. The Morgan fingerprint density at radius 2 is 1.57 bits per heavy atom. The molecule has 0 radical (unpaired) electrons. The first-order valence-electron chi connectivity index (χ1n) is 9.33. The van der Waals surface area contributed by atoms with Gasteiger partial charge in [-0.25, -0.2) is 0 Å². The number of aromatic nitrogens is 2. The Hall–Kier alpha value is -3.46. The SMILES string of the molecule is C=Cc1cc(C)cc(-c2nn(-c3c(C)cccc3C)c(=O)c3ccccc23)c1. The lowest BCUT2D eigenvalue weighted by molar-refractivity contribution is 0.813. The summed E-state index contributed by atoms with van der Waals surface area (Å²) in [5.74, 6) is 0. The number of hydrogen-bond donors (Lipinski definition) is 0. The molecule has 28 heavy (non-hydrogen) atoms. The van der Waals surface area contributed by atoms with Gasteiger partial charge >= 0.3 is 0 Å². The molecule has 0 unspecified atom stereocenters. The molecule has 3 heteroatoms. The molecule has 0 saturated heterocycles. The highest BCUT2D eigenvalue weighted by Gasteiger charge is 2.16. The van der Waals surface area contributed by atoms with E-state index < -0.39 is 0 Å². The summed E-state index contributed by atoms with van der Waals surface area (Å²) >= 11 is 0. The second-order valence-corrected chi connectivity index (χ2v) is 7.19. The molecule has 4 rings (SSSR count). The monoisotopic (exact) mass is 366 g/mol. The van der Waals surface area contributed by atoms with Gasteiger partial charge in [0, 0.05) is 10.9 Å². The highest BCUT2D eigenvalue weighted by molar-refractivity contribution is 5.94. The summed E-state index contributed by atoms with van der Waals surface area (Å²) in [6.45, 7) is 9.97. The molecule has 0 atom stereocenters. The highest BCUT2D eigenvalue weighted by Crippen LogP contribution is 2.28. The van der Waals surface area contributed by atoms with Crippen LogP contribution in [0.15, 0.2) is 72.0 Å². The fraction of sp³-hybridized carbons (Fsp3) is 0.120. The third kappa shape index (κ3) is 2.95. The Kier molecular flexibility index (Phi) is 4.44. The zero-order valence-electron chi connectivity index (χ0n) is 16.4. The van der Waals surface area contributed by atoms with E-state index in [2.05, 4.69) is 31.7 Å². The third-order valence-electron chi connectivity index (χ3n) is 5.07. The van der Waals surface area contributed by atoms with E-state index in [9.17, 15) is 4.79 Å². The van der Waals surface area contributed by atoms with E-state index in [0.29, 0.717) is 5.39 Å². The molecule has 0 aliphatic carbocycles. The quantitative estimate of drug-likeness (QED) is 0.471. The van der Waals surface area contributed by atoms with Crippen LogP contribution in [0.4, 0.5) is 0 Å². The van der Waals surface area contributed by atoms with Crippen LogP contribution >= 0.6 is 0 Å². The summed E-state index contributed by atoms with van der Waals surface area (Å²) < 4.78 is 1.55. The van der Waals surface area contributed by atoms with E-state index in [4.69, 9.17) is 5.10 Å². The van der Waals surface area contributed by atoms with E-state index in [0.717, 1.165) is 44.6 Å². The molecule has 0 aliphatic heterocycles. The van der Waals surface area contributed by atoms with Crippen molar-refractivity contribution in [2.24, 2.45) is 0 Å². The molecule has 0 fully saturated rings. The zero-order valence-corrected chi connectivity index (χ0v) is 16.4. The summed E-state index contributed by atoms with van der Waals surface area (Å²) in [5, 5.41) is 6.37. The van der Waals surface area contributed by atoms with Crippen LogP contribution in [0.5, 0.6) is 0 Å². The lowest BCUT2D eigenvalue weighted by Gasteiger charge is -2.15. The van der Waals surface area contributed by atoms with Gasteiger partial charge in [-0.05, 0) is 61.2 Å². The zero-order chi connectivity index (χ0) is 19.8. The lowest BCUT2D eigenvalue weighted by atomic mass is 10.0. The van der Waals surface area contributed by atoms with Crippen LogP contribution in [0.25, 0.3) is 33.8 Å². The van der Waals surface area contributed by atoms with Gasteiger partial charge in [0.25, 0.3) is 5.56 Å². The number of rotatable bonds is 3. The van der Waals surface area contributed by atoms with Crippen molar-refractivity contribution in [3.8, 4) is 16.9 Å². The standard InChI is InChI=1S/C25H22N2O/c1-5-19-13-16(2)14-20(15-19)23-21-11-6-7-12-22(21)25(28)27(26-23)24-17(3)9-8-10-18(24)4/h5-15H,1H2,2-4H3. The average molecular weight is 366 g/mol. The van der Waals surface area contributed by atoms with Crippen molar-refractivity contribution in [1.29, 1.82) is 0 Å². The molecule has 0 saturated carbocycles. The minimum atomic E-state index is -0.103. The number of aryl methyl sites for hydroxylation is 3. The maximum absolute atomic E-state index is 13.3. The molecule has 3 aromatic carbocycles. The molecule has 0 spiro atoms.